The number of hydrogen-bond donors (Lipinski definition) is 1. The smallest absolute Gasteiger partial charge is 0.128 e. The van der Waals surface area contributed by atoms with E-state index in [9.17, 15) is 0 Å². The number of hydrogen-bond acceptors (Lipinski definition) is 4. The molecule has 116 valence electrons. The van der Waals surface area contributed by atoms with E-state index in [1.807, 2.05) is 6.20 Å². The third-order valence-corrected chi connectivity index (χ3v) is 4.65. The molecule has 3 rings (SSSR count). The molecular formula is C17H28N4. The van der Waals surface area contributed by atoms with Crippen molar-refractivity contribution in [2.24, 2.45) is 0 Å². The summed E-state index contributed by atoms with van der Waals surface area (Å²) in [4.78, 5) is 9.79. The molecule has 1 aromatic heterocycles. The van der Waals surface area contributed by atoms with Gasteiger partial charge >= 0.3 is 0 Å². The van der Waals surface area contributed by atoms with Crippen LogP contribution < -0.4 is 10.2 Å². The zero-order chi connectivity index (χ0) is 14.7. The Balaban J connectivity index is 1.68. The summed E-state index contributed by atoms with van der Waals surface area (Å²) < 4.78 is 0. The lowest BCUT2D eigenvalue weighted by atomic mass is 10.2. The van der Waals surface area contributed by atoms with Gasteiger partial charge in [-0.1, -0.05) is 13.8 Å². The number of rotatable bonds is 4. The van der Waals surface area contributed by atoms with Crippen LogP contribution in [0.4, 0.5) is 5.82 Å². The summed E-state index contributed by atoms with van der Waals surface area (Å²) in [6, 6.07) is 5.65. The van der Waals surface area contributed by atoms with Crippen LogP contribution in [0.1, 0.15) is 38.7 Å². The molecule has 0 aromatic carbocycles. The lowest BCUT2D eigenvalue weighted by Gasteiger charge is -2.26. The molecule has 1 unspecified atom stereocenters. The molecule has 0 aliphatic carbocycles. The summed E-state index contributed by atoms with van der Waals surface area (Å²) in [5, 5.41) is 3.49. The molecule has 2 aliphatic rings. The Morgan fingerprint density at radius 2 is 2.14 bits per heavy atom. The minimum absolute atomic E-state index is 0.520. The Hall–Kier alpha value is -1.13. The van der Waals surface area contributed by atoms with Gasteiger partial charge in [0.25, 0.3) is 0 Å². The van der Waals surface area contributed by atoms with Crippen molar-refractivity contribution in [1.29, 1.82) is 0 Å². The fourth-order valence-corrected chi connectivity index (χ4v) is 3.48. The molecule has 0 radical (unpaired) electrons. The maximum absolute atomic E-state index is 4.63. The number of fused-ring (bicyclic) bond motifs is 1. The number of anilines is 1. The fourth-order valence-electron chi connectivity index (χ4n) is 3.48. The largest absolute Gasteiger partial charge is 0.355 e. The fraction of sp³-hybridized carbons (Fsp3) is 0.706. The molecule has 2 fully saturated rings. The van der Waals surface area contributed by atoms with Gasteiger partial charge in [-0.3, -0.25) is 4.90 Å². The number of pyridine rings is 1. The van der Waals surface area contributed by atoms with Crippen LogP contribution in [0.2, 0.25) is 0 Å². The number of aromatic nitrogens is 1. The summed E-state index contributed by atoms with van der Waals surface area (Å²) in [5.74, 6) is 1.16. The summed E-state index contributed by atoms with van der Waals surface area (Å²) in [5.41, 5.74) is 1.33. The predicted molar refractivity (Wildman–Crippen MR) is 87.6 cm³/mol. The highest BCUT2D eigenvalue weighted by molar-refractivity contribution is 5.41. The summed E-state index contributed by atoms with van der Waals surface area (Å²) in [7, 11) is 0. The molecule has 1 aromatic rings. The highest BCUT2D eigenvalue weighted by atomic mass is 15.3. The van der Waals surface area contributed by atoms with Crippen molar-refractivity contribution in [3.63, 3.8) is 0 Å². The molecule has 0 amide bonds. The van der Waals surface area contributed by atoms with Gasteiger partial charge in [0.2, 0.25) is 0 Å². The van der Waals surface area contributed by atoms with Crippen molar-refractivity contribution in [2.45, 2.75) is 51.7 Å². The maximum Gasteiger partial charge on any atom is 0.128 e. The van der Waals surface area contributed by atoms with Crippen molar-refractivity contribution in [3.8, 4) is 0 Å². The highest BCUT2D eigenvalue weighted by Gasteiger charge is 2.29. The summed E-state index contributed by atoms with van der Waals surface area (Å²) >= 11 is 0. The van der Waals surface area contributed by atoms with E-state index < -0.39 is 0 Å². The van der Waals surface area contributed by atoms with Crippen LogP contribution in [0.3, 0.4) is 0 Å². The second kappa shape index (κ2) is 6.75. The first kappa shape index (κ1) is 14.8. The van der Waals surface area contributed by atoms with Gasteiger partial charge in [-0.2, -0.15) is 0 Å². The SMILES string of the molecule is CC(C)NCc1ccnc(N2CCCN3CCCC3C2)c1. The van der Waals surface area contributed by atoms with Crippen molar-refractivity contribution in [1.82, 2.24) is 15.2 Å². The Morgan fingerprint density at radius 3 is 3.00 bits per heavy atom. The topological polar surface area (TPSA) is 31.4 Å². The first-order valence-corrected chi connectivity index (χ1v) is 8.39. The summed E-state index contributed by atoms with van der Waals surface area (Å²) in [6.45, 7) is 10.1. The Bertz CT molecular complexity index is 460. The monoisotopic (exact) mass is 288 g/mol. The van der Waals surface area contributed by atoms with E-state index in [0.29, 0.717) is 6.04 Å². The van der Waals surface area contributed by atoms with Crippen LogP contribution in [0.25, 0.3) is 0 Å². The van der Waals surface area contributed by atoms with Crippen LogP contribution in [-0.4, -0.2) is 48.1 Å². The molecule has 1 atom stereocenters. The standard InChI is InChI=1S/C17H28N4/c1-14(2)19-12-15-6-7-18-17(11-15)21-10-4-9-20-8-3-5-16(20)13-21/h6-7,11,14,16,19H,3-5,8-10,12-13H2,1-2H3. The second-order valence-corrected chi connectivity index (χ2v) is 6.69. The van der Waals surface area contributed by atoms with Crippen molar-refractivity contribution in [2.75, 3.05) is 31.1 Å². The van der Waals surface area contributed by atoms with Gasteiger partial charge < -0.3 is 10.2 Å². The minimum atomic E-state index is 0.520. The van der Waals surface area contributed by atoms with Crippen LogP contribution in [-0.2, 0) is 6.54 Å². The molecule has 2 aliphatic heterocycles. The Labute approximate surface area is 128 Å². The molecule has 0 bridgehead atoms. The molecule has 21 heavy (non-hydrogen) atoms. The van der Waals surface area contributed by atoms with Crippen molar-refractivity contribution >= 4 is 5.82 Å². The van der Waals surface area contributed by atoms with Crippen molar-refractivity contribution in [3.05, 3.63) is 23.9 Å². The van der Waals surface area contributed by atoms with Crippen molar-refractivity contribution < 1.29 is 0 Å². The molecule has 3 heterocycles. The Morgan fingerprint density at radius 1 is 1.29 bits per heavy atom. The van der Waals surface area contributed by atoms with Crippen LogP contribution in [0, 0.1) is 0 Å². The predicted octanol–water partition coefficient (Wildman–Crippen LogP) is 2.25. The van der Waals surface area contributed by atoms with E-state index in [2.05, 4.69) is 46.1 Å². The minimum Gasteiger partial charge on any atom is -0.355 e. The van der Waals surface area contributed by atoms with E-state index in [0.717, 1.165) is 31.5 Å². The average molecular weight is 288 g/mol. The normalized spacial score (nSPS) is 23.4. The van der Waals surface area contributed by atoms with Gasteiger partial charge in [0.1, 0.15) is 5.82 Å². The molecule has 4 nitrogen and oxygen atoms in total. The van der Waals surface area contributed by atoms with Crippen LogP contribution >= 0.6 is 0 Å². The summed E-state index contributed by atoms with van der Waals surface area (Å²) in [6.07, 6.45) is 5.94. The van der Waals surface area contributed by atoms with Gasteiger partial charge in [0.05, 0.1) is 0 Å². The first-order valence-electron chi connectivity index (χ1n) is 8.39. The molecule has 0 spiro atoms. The third kappa shape index (κ3) is 3.74. The molecular weight excluding hydrogens is 260 g/mol. The number of nitrogens with one attached hydrogen (secondary N) is 1. The first-order chi connectivity index (χ1) is 10.2. The lowest BCUT2D eigenvalue weighted by molar-refractivity contribution is 0.273. The molecule has 4 heteroatoms. The van der Waals surface area contributed by atoms with Crippen LogP contribution in [0.15, 0.2) is 18.3 Å². The molecule has 1 N–H and O–H groups in total. The van der Waals surface area contributed by atoms with Gasteiger partial charge in [0.15, 0.2) is 0 Å². The van der Waals surface area contributed by atoms with Crippen LogP contribution in [0.5, 0.6) is 0 Å². The van der Waals surface area contributed by atoms with Gasteiger partial charge in [0, 0.05) is 44.5 Å². The Kier molecular flexibility index (Phi) is 4.76. The average Bonchev–Trinajstić information content (AvgIpc) is 2.82. The van der Waals surface area contributed by atoms with Gasteiger partial charge in [-0.15, -0.1) is 0 Å². The third-order valence-electron chi connectivity index (χ3n) is 4.65. The quantitative estimate of drug-likeness (QED) is 0.921. The number of nitrogens with zero attached hydrogens (tertiary/aromatic N) is 3. The molecule has 0 saturated carbocycles. The second-order valence-electron chi connectivity index (χ2n) is 6.69. The maximum atomic E-state index is 4.63. The highest BCUT2D eigenvalue weighted by Crippen LogP contribution is 2.24. The van der Waals surface area contributed by atoms with E-state index in [1.54, 1.807) is 0 Å². The van der Waals surface area contributed by atoms with E-state index in [-0.39, 0.29) is 0 Å². The van der Waals surface area contributed by atoms with E-state index in [1.165, 1.54) is 37.9 Å². The zero-order valence-electron chi connectivity index (χ0n) is 13.4. The lowest BCUT2D eigenvalue weighted by Crippen LogP contribution is -2.37. The molecule has 2 saturated heterocycles. The van der Waals surface area contributed by atoms with Gasteiger partial charge in [-0.05, 0) is 43.5 Å². The zero-order valence-corrected chi connectivity index (χ0v) is 13.4. The van der Waals surface area contributed by atoms with Gasteiger partial charge in [-0.25, -0.2) is 4.98 Å². The van der Waals surface area contributed by atoms with E-state index in [4.69, 9.17) is 0 Å². The van der Waals surface area contributed by atoms with E-state index >= 15 is 0 Å².